The third-order valence-corrected chi connectivity index (χ3v) is 5.37. The Kier molecular flexibility index (Phi) is 12.6. The van der Waals surface area contributed by atoms with E-state index < -0.39 is 23.3 Å². The molecule has 8 nitrogen and oxygen atoms in total. The maximum atomic E-state index is 12.5. The van der Waals surface area contributed by atoms with Crippen LogP contribution in [0.25, 0.3) is 0 Å². The Bertz CT molecular complexity index is 566. The minimum absolute atomic E-state index is 0.0167. The van der Waals surface area contributed by atoms with Crippen LogP contribution in [0.1, 0.15) is 60.8 Å². The van der Waals surface area contributed by atoms with E-state index in [0.717, 1.165) is 0 Å². The van der Waals surface area contributed by atoms with E-state index in [1.54, 1.807) is 32.5 Å². The number of hydrogen-bond acceptors (Lipinski definition) is 5. The molecule has 0 fully saturated rings. The second kappa shape index (κ2) is 13.5. The average Bonchev–Trinajstić information content (AvgIpc) is 2.60. The quantitative estimate of drug-likeness (QED) is 0.311. The number of carbonyl (C=O) groups excluding carboxylic acids is 3. The van der Waals surface area contributed by atoms with Crippen LogP contribution >= 0.6 is 11.8 Å². The summed E-state index contributed by atoms with van der Waals surface area (Å²) in [6, 6.07) is 0.129. The van der Waals surface area contributed by atoms with Crippen molar-refractivity contribution in [1.82, 2.24) is 16.0 Å². The van der Waals surface area contributed by atoms with Gasteiger partial charge in [0.15, 0.2) is 0 Å². The largest absolute Gasteiger partial charge is 0.481 e. The van der Waals surface area contributed by atoms with Crippen molar-refractivity contribution >= 4 is 35.5 Å². The number of carbonyl (C=O) groups is 4. The van der Waals surface area contributed by atoms with Crippen molar-refractivity contribution in [2.75, 3.05) is 18.1 Å². The Morgan fingerprint density at radius 3 is 2.21 bits per heavy atom. The Hall–Kier alpha value is -1.77. The van der Waals surface area contributed by atoms with Crippen LogP contribution in [0.2, 0.25) is 0 Å². The molecule has 0 heterocycles. The van der Waals surface area contributed by atoms with Gasteiger partial charge in [0.05, 0.1) is 5.92 Å². The number of rotatable bonds is 14. The maximum Gasteiger partial charge on any atom is 0.306 e. The summed E-state index contributed by atoms with van der Waals surface area (Å²) in [5.74, 6) is -1.28. The normalized spacial score (nSPS) is 13.5. The molecule has 9 heteroatoms. The fourth-order valence-electron chi connectivity index (χ4n) is 2.57. The lowest BCUT2D eigenvalue weighted by atomic mass is 9.91. The first-order chi connectivity index (χ1) is 13.4. The molecule has 0 aliphatic carbocycles. The lowest BCUT2D eigenvalue weighted by Gasteiger charge is -2.28. The molecule has 0 rings (SSSR count). The number of thioether (sulfide) groups is 1. The van der Waals surface area contributed by atoms with Gasteiger partial charge in [-0.3, -0.25) is 19.2 Å². The van der Waals surface area contributed by atoms with E-state index in [9.17, 15) is 19.2 Å². The highest BCUT2D eigenvalue weighted by atomic mass is 32.2. The summed E-state index contributed by atoms with van der Waals surface area (Å²) in [4.78, 5) is 47.5. The molecule has 0 saturated carbocycles. The number of carboxylic acid groups (broad SMARTS) is 1. The number of amides is 3. The molecule has 0 aromatic carbocycles. The van der Waals surface area contributed by atoms with Crippen LogP contribution in [0.4, 0.5) is 0 Å². The summed E-state index contributed by atoms with van der Waals surface area (Å²) >= 11 is 1.57. The van der Waals surface area contributed by atoms with Gasteiger partial charge in [-0.15, -0.1) is 0 Å². The molecule has 0 aromatic heterocycles. The molecule has 0 aromatic rings. The molecule has 29 heavy (non-hydrogen) atoms. The van der Waals surface area contributed by atoms with Crippen LogP contribution in [0.3, 0.4) is 0 Å². The Labute approximate surface area is 178 Å². The Balaban J connectivity index is 4.31. The Morgan fingerprint density at radius 1 is 1.07 bits per heavy atom. The fraction of sp³-hybridized carbons (Fsp3) is 0.800. The molecule has 0 spiro atoms. The van der Waals surface area contributed by atoms with E-state index in [-0.39, 0.29) is 30.2 Å². The highest BCUT2D eigenvalue weighted by molar-refractivity contribution is 7.99. The molecule has 2 atom stereocenters. The molecular weight excluding hydrogens is 394 g/mol. The summed E-state index contributed by atoms with van der Waals surface area (Å²) < 4.78 is 0. The molecule has 0 aliphatic heterocycles. The van der Waals surface area contributed by atoms with Gasteiger partial charge in [0, 0.05) is 36.4 Å². The van der Waals surface area contributed by atoms with Crippen LogP contribution in [0.5, 0.6) is 0 Å². The second-order valence-corrected chi connectivity index (χ2v) is 9.26. The maximum absolute atomic E-state index is 12.5. The standard InChI is InChI=1S/C20H37N3O5S/c1-7-15(12-14(4)18(26)27)17(25)23-20(5,6)19(28)21-9-11-29-10-8-16(24)22-13(2)3/h13-15H,7-12H2,1-6H3,(H,21,28)(H,22,24)(H,23,25)(H,26,27). The van der Waals surface area contributed by atoms with Crippen LogP contribution in [0, 0.1) is 11.8 Å². The van der Waals surface area contributed by atoms with Gasteiger partial charge in [0.2, 0.25) is 17.7 Å². The minimum atomic E-state index is -1.10. The van der Waals surface area contributed by atoms with Crippen LogP contribution in [-0.2, 0) is 19.2 Å². The molecule has 0 bridgehead atoms. The summed E-state index contributed by atoms with van der Waals surface area (Å²) in [7, 11) is 0. The smallest absolute Gasteiger partial charge is 0.306 e. The molecule has 2 unspecified atom stereocenters. The SMILES string of the molecule is CCC(CC(C)C(=O)O)C(=O)NC(C)(C)C(=O)NCCSCCC(=O)NC(C)C. The molecule has 0 radical (unpaired) electrons. The average molecular weight is 432 g/mol. The zero-order valence-corrected chi connectivity index (χ0v) is 19.3. The van der Waals surface area contributed by atoms with Crippen molar-refractivity contribution in [1.29, 1.82) is 0 Å². The van der Waals surface area contributed by atoms with Gasteiger partial charge in [0.1, 0.15) is 5.54 Å². The predicted molar refractivity (Wildman–Crippen MR) is 116 cm³/mol. The first-order valence-corrected chi connectivity index (χ1v) is 11.3. The zero-order valence-electron chi connectivity index (χ0n) is 18.5. The third kappa shape index (κ3) is 11.7. The lowest BCUT2D eigenvalue weighted by molar-refractivity contribution is -0.142. The summed E-state index contributed by atoms with van der Waals surface area (Å²) in [5.41, 5.74) is -1.10. The highest BCUT2D eigenvalue weighted by Gasteiger charge is 2.32. The van der Waals surface area contributed by atoms with Gasteiger partial charge < -0.3 is 21.1 Å². The van der Waals surface area contributed by atoms with E-state index in [1.165, 1.54) is 0 Å². The third-order valence-electron chi connectivity index (χ3n) is 4.38. The number of aliphatic carboxylic acids is 1. The number of carboxylic acids is 1. The fourth-order valence-corrected chi connectivity index (χ4v) is 3.35. The molecular formula is C20H37N3O5S. The summed E-state index contributed by atoms with van der Waals surface area (Å²) in [6.07, 6.45) is 1.17. The van der Waals surface area contributed by atoms with Crippen LogP contribution in [0.15, 0.2) is 0 Å². The monoisotopic (exact) mass is 431 g/mol. The second-order valence-electron chi connectivity index (χ2n) is 8.03. The topological polar surface area (TPSA) is 125 Å². The van der Waals surface area contributed by atoms with Gasteiger partial charge in [0.25, 0.3) is 0 Å². The van der Waals surface area contributed by atoms with E-state index in [0.29, 0.717) is 30.9 Å². The van der Waals surface area contributed by atoms with Crippen molar-refractivity contribution in [3.63, 3.8) is 0 Å². The van der Waals surface area contributed by atoms with Crippen molar-refractivity contribution in [3.8, 4) is 0 Å². The van der Waals surface area contributed by atoms with Gasteiger partial charge >= 0.3 is 5.97 Å². The lowest BCUT2D eigenvalue weighted by Crippen LogP contribution is -2.56. The van der Waals surface area contributed by atoms with Gasteiger partial charge in [-0.1, -0.05) is 13.8 Å². The van der Waals surface area contributed by atoms with Crippen molar-refractivity contribution in [2.45, 2.75) is 72.4 Å². The highest BCUT2D eigenvalue weighted by Crippen LogP contribution is 2.17. The van der Waals surface area contributed by atoms with E-state index in [1.807, 2.05) is 20.8 Å². The molecule has 4 N–H and O–H groups in total. The van der Waals surface area contributed by atoms with Crippen molar-refractivity contribution in [2.24, 2.45) is 11.8 Å². The van der Waals surface area contributed by atoms with Gasteiger partial charge in [-0.25, -0.2) is 0 Å². The predicted octanol–water partition coefficient (Wildman–Crippen LogP) is 1.78. The molecule has 168 valence electrons. The van der Waals surface area contributed by atoms with Crippen molar-refractivity contribution in [3.05, 3.63) is 0 Å². The van der Waals surface area contributed by atoms with E-state index >= 15 is 0 Å². The minimum Gasteiger partial charge on any atom is -0.481 e. The van der Waals surface area contributed by atoms with Crippen LogP contribution < -0.4 is 16.0 Å². The van der Waals surface area contributed by atoms with Crippen LogP contribution in [-0.4, -0.2) is 58.4 Å². The number of nitrogens with one attached hydrogen (secondary N) is 3. The zero-order chi connectivity index (χ0) is 22.6. The first-order valence-electron chi connectivity index (χ1n) is 10.1. The van der Waals surface area contributed by atoms with Gasteiger partial charge in [-0.2, -0.15) is 11.8 Å². The number of hydrogen-bond donors (Lipinski definition) is 4. The molecule has 3 amide bonds. The summed E-state index contributed by atoms with van der Waals surface area (Å²) in [6.45, 7) is 10.9. The van der Waals surface area contributed by atoms with Gasteiger partial charge in [-0.05, 0) is 40.5 Å². The van der Waals surface area contributed by atoms with E-state index in [4.69, 9.17) is 5.11 Å². The molecule has 0 aliphatic rings. The van der Waals surface area contributed by atoms with Crippen molar-refractivity contribution < 1.29 is 24.3 Å². The summed E-state index contributed by atoms with van der Waals surface area (Å²) in [5, 5.41) is 17.4. The first kappa shape index (κ1) is 27.2. The Morgan fingerprint density at radius 2 is 1.69 bits per heavy atom. The van der Waals surface area contributed by atoms with E-state index in [2.05, 4.69) is 16.0 Å². The molecule has 0 saturated heterocycles.